The van der Waals surface area contributed by atoms with Gasteiger partial charge in [0, 0.05) is 19.4 Å². The standard InChI is InChI=1S/C17H28N4O/c1-20-12-9-18-17(20)16(14-7-8-14)19-15(22)13-21-10-5-3-2-4-6-11-21/h9,12,14,16H,2-8,10-11,13H2,1H3,(H,19,22). The molecule has 0 bridgehead atoms. The molecule has 1 saturated heterocycles. The fraction of sp³-hybridized carbons (Fsp3) is 0.765. The predicted molar refractivity (Wildman–Crippen MR) is 86.3 cm³/mol. The summed E-state index contributed by atoms with van der Waals surface area (Å²) in [4.78, 5) is 19.2. The molecule has 5 nitrogen and oxygen atoms in total. The average Bonchev–Trinajstić information content (AvgIpc) is 3.21. The predicted octanol–water partition coefficient (Wildman–Crippen LogP) is 2.25. The lowest BCUT2D eigenvalue weighted by molar-refractivity contribution is -0.123. The van der Waals surface area contributed by atoms with Gasteiger partial charge in [-0.05, 0) is 44.7 Å². The molecule has 2 heterocycles. The maximum atomic E-state index is 12.5. The third-order valence-electron chi connectivity index (χ3n) is 4.86. The van der Waals surface area contributed by atoms with Crippen molar-refractivity contribution in [1.82, 2.24) is 19.8 Å². The number of aromatic nitrogens is 2. The third kappa shape index (κ3) is 4.09. The van der Waals surface area contributed by atoms with Crippen molar-refractivity contribution in [2.24, 2.45) is 13.0 Å². The van der Waals surface area contributed by atoms with Crippen LogP contribution in [0.15, 0.2) is 12.4 Å². The van der Waals surface area contributed by atoms with Crippen molar-refractivity contribution in [3.63, 3.8) is 0 Å². The fourth-order valence-corrected chi connectivity index (χ4v) is 3.39. The third-order valence-corrected chi connectivity index (χ3v) is 4.86. The van der Waals surface area contributed by atoms with Crippen molar-refractivity contribution >= 4 is 5.91 Å². The van der Waals surface area contributed by atoms with Gasteiger partial charge >= 0.3 is 0 Å². The second-order valence-electron chi connectivity index (χ2n) is 6.82. The number of nitrogens with one attached hydrogen (secondary N) is 1. The van der Waals surface area contributed by atoms with E-state index >= 15 is 0 Å². The van der Waals surface area contributed by atoms with Gasteiger partial charge in [-0.15, -0.1) is 0 Å². The van der Waals surface area contributed by atoms with E-state index in [0.717, 1.165) is 18.9 Å². The quantitative estimate of drug-likeness (QED) is 0.908. The maximum Gasteiger partial charge on any atom is 0.234 e. The highest BCUT2D eigenvalue weighted by Crippen LogP contribution is 2.40. The van der Waals surface area contributed by atoms with E-state index in [1.54, 1.807) is 0 Å². The van der Waals surface area contributed by atoms with Crippen molar-refractivity contribution in [1.29, 1.82) is 0 Å². The first-order valence-electron chi connectivity index (χ1n) is 8.73. The minimum atomic E-state index is 0.0854. The summed E-state index contributed by atoms with van der Waals surface area (Å²) in [6, 6.07) is 0.0854. The molecule has 22 heavy (non-hydrogen) atoms. The van der Waals surface area contributed by atoms with Crippen LogP contribution in [0, 0.1) is 5.92 Å². The van der Waals surface area contributed by atoms with Crippen LogP contribution in [0.1, 0.15) is 56.8 Å². The van der Waals surface area contributed by atoms with E-state index in [-0.39, 0.29) is 11.9 Å². The summed E-state index contributed by atoms with van der Waals surface area (Å²) in [5.41, 5.74) is 0. The number of amides is 1. The summed E-state index contributed by atoms with van der Waals surface area (Å²) in [7, 11) is 2.00. The molecule has 3 rings (SSSR count). The number of aryl methyl sites for hydroxylation is 1. The van der Waals surface area contributed by atoms with Gasteiger partial charge in [0.15, 0.2) is 0 Å². The van der Waals surface area contributed by atoms with E-state index in [1.807, 2.05) is 24.0 Å². The van der Waals surface area contributed by atoms with Crippen molar-refractivity contribution in [3.05, 3.63) is 18.2 Å². The van der Waals surface area contributed by atoms with Crippen LogP contribution in [-0.4, -0.2) is 40.0 Å². The van der Waals surface area contributed by atoms with Crippen LogP contribution < -0.4 is 5.32 Å². The zero-order chi connectivity index (χ0) is 15.4. The largest absolute Gasteiger partial charge is 0.345 e. The summed E-state index contributed by atoms with van der Waals surface area (Å²) in [5, 5.41) is 3.24. The number of likely N-dealkylation sites (tertiary alicyclic amines) is 1. The number of hydrogen-bond acceptors (Lipinski definition) is 3. The lowest BCUT2D eigenvalue weighted by Gasteiger charge is -2.25. The zero-order valence-corrected chi connectivity index (χ0v) is 13.6. The molecule has 2 aliphatic rings. The highest BCUT2D eigenvalue weighted by molar-refractivity contribution is 5.78. The average molecular weight is 304 g/mol. The normalized spacial score (nSPS) is 21.9. The SMILES string of the molecule is Cn1ccnc1C(NC(=O)CN1CCCCCCC1)C1CC1. The first kappa shape index (κ1) is 15.5. The van der Waals surface area contributed by atoms with Gasteiger partial charge in [0.2, 0.25) is 5.91 Å². The number of imidazole rings is 1. The van der Waals surface area contributed by atoms with E-state index in [9.17, 15) is 4.79 Å². The van der Waals surface area contributed by atoms with Crippen LogP contribution >= 0.6 is 0 Å². The Bertz CT molecular complexity index is 487. The zero-order valence-electron chi connectivity index (χ0n) is 13.6. The number of carbonyl (C=O) groups is 1. The van der Waals surface area contributed by atoms with Gasteiger partial charge in [-0.25, -0.2) is 4.98 Å². The highest BCUT2D eigenvalue weighted by Gasteiger charge is 2.35. The Hall–Kier alpha value is -1.36. The highest BCUT2D eigenvalue weighted by atomic mass is 16.2. The van der Waals surface area contributed by atoms with Gasteiger partial charge in [0.05, 0.1) is 12.6 Å². The minimum Gasteiger partial charge on any atom is -0.345 e. The van der Waals surface area contributed by atoms with Crippen molar-refractivity contribution in [2.75, 3.05) is 19.6 Å². The molecule has 5 heteroatoms. The Labute approximate surface area is 133 Å². The molecule has 1 amide bonds. The Morgan fingerprint density at radius 2 is 1.95 bits per heavy atom. The van der Waals surface area contributed by atoms with Crippen molar-refractivity contribution < 1.29 is 4.79 Å². The lowest BCUT2D eigenvalue weighted by Crippen LogP contribution is -2.41. The molecule has 1 aliphatic heterocycles. The van der Waals surface area contributed by atoms with Crippen LogP contribution in [0.5, 0.6) is 0 Å². The summed E-state index contributed by atoms with van der Waals surface area (Å²) in [6.45, 7) is 2.65. The van der Waals surface area contributed by atoms with Gasteiger partial charge in [-0.1, -0.05) is 19.3 Å². The minimum absolute atomic E-state index is 0.0854. The van der Waals surface area contributed by atoms with Crippen molar-refractivity contribution in [3.8, 4) is 0 Å². The van der Waals surface area contributed by atoms with E-state index in [2.05, 4.69) is 15.2 Å². The smallest absolute Gasteiger partial charge is 0.234 e. The molecule has 1 unspecified atom stereocenters. The molecule has 1 atom stereocenters. The van der Waals surface area contributed by atoms with Gasteiger partial charge in [-0.2, -0.15) is 0 Å². The number of hydrogen-bond donors (Lipinski definition) is 1. The van der Waals surface area contributed by atoms with Gasteiger partial charge in [-0.3, -0.25) is 9.69 Å². The van der Waals surface area contributed by atoms with Crippen LogP contribution in [0.3, 0.4) is 0 Å². The van der Waals surface area contributed by atoms with E-state index in [1.165, 1.54) is 44.9 Å². The molecule has 1 saturated carbocycles. The van der Waals surface area contributed by atoms with Gasteiger partial charge in [0.1, 0.15) is 5.82 Å². The monoisotopic (exact) mass is 304 g/mol. The maximum absolute atomic E-state index is 12.5. The topological polar surface area (TPSA) is 50.2 Å². The molecular weight excluding hydrogens is 276 g/mol. The fourth-order valence-electron chi connectivity index (χ4n) is 3.39. The Morgan fingerprint density at radius 3 is 2.55 bits per heavy atom. The first-order valence-corrected chi connectivity index (χ1v) is 8.73. The molecule has 1 aromatic heterocycles. The first-order chi connectivity index (χ1) is 10.7. The Kier molecular flexibility index (Phi) is 5.13. The van der Waals surface area contributed by atoms with E-state index in [4.69, 9.17) is 0 Å². The molecule has 122 valence electrons. The van der Waals surface area contributed by atoms with Gasteiger partial charge < -0.3 is 9.88 Å². The van der Waals surface area contributed by atoms with Crippen LogP contribution in [0.25, 0.3) is 0 Å². The van der Waals surface area contributed by atoms with Crippen LogP contribution in [-0.2, 0) is 11.8 Å². The molecule has 0 aromatic carbocycles. The number of rotatable bonds is 5. The Balaban J connectivity index is 1.56. The molecule has 0 radical (unpaired) electrons. The van der Waals surface area contributed by atoms with Crippen molar-refractivity contribution in [2.45, 2.75) is 51.0 Å². The summed E-state index contributed by atoms with van der Waals surface area (Å²) in [5.74, 6) is 1.71. The second kappa shape index (κ2) is 7.27. The van der Waals surface area contributed by atoms with Crippen LogP contribution in [0.4, 0.5) is 0 Å². The lowest BCUT2D eigenvalue weighted by atomic mass is 10.1. The molecule has 1 aromatic rings. The Morgan fingerprint density at radius 1 is 1.27 bits per heavy atom. The van der Waals surface area contributed by atoms with Gasteiger partial charge in [0.25, 0.3) is 0 Å². The molecule has 2 fully saturated rings. The second-order valence-corrected chi connectivity index (χ2v) is 6.82. The van der Waals surface area contributed by atoms with E-state index < -0.39 is 0 Å². The number of nitrogens with zero attached hydrogens (tertiary/aromatic N) is 3. The molecule has 1 aliphatic carbocycles. The number of carbonyl (C=O) groups excluding carboxylic acids is 1. The molecular formula is C17H28N4O. The summed E-state index contributed by atoms with van der Waals surface area (Å²) >= 11 is 0. The molecule has 1 N–H and O–H groups in total. The summed E-state index contributed by atoms with van der Waals surface area (Å²) in [6.07, 6.45) is 12.6. The van der Waals surface area contributed by atoms with Crippen LogP contribution in [0.2, 0.25) is 0 Å². The van der Waals surface area contributed by atoms with E-state index in [0.29, 0.717) is 12.5 Å². The summed E-state index contributed by atoms with van der Waals surface area (Å²) < 4.78 is 2.03. The molecule has 0 spiro atoms.